The molecule has 1 saturated heterocycles. The SMILES string of the molecule is Cc1cc(C)c(-c2csc(N3CCC(S(=O)(=O)c4cc([N+](=O)[O-])c(Cl)s4)CC3)n2)c(C)c1. The van der Waals surface area contributed by atoms with E-state index in [0.717, 1.165) is 33.8 Å². The number of thiazole rings is 1. The lowest BCUT2D eigenvalue weighted by Crippen LogP contribution is -2.39. The normalized spacial score (nSPS) is 15.3. The number of halogens is 1. The van der Waals surface area contributed by atoms with Crippen LogP contribution in [0.2, 0.25) is 4.34 Å². The Labute approximate surface area is 199 Å². The third kappa shape index (κ3) is 4.28. The molecule has 3 heterocycles. The van der Waals surface area contributed by atoms with Gasteiger partial charge >= 0.3 is 0 Å². The van der Waals surface area contributed by atoms with Crippen LogP contribution in [-0.2, 0) is 9.84 Å². The van der Waals surface area contributed by atoms with Crippen molar-refractivity contribution >= 4 is 54.9 Å². The number of piperidine rings is 1. The van der Waals surface area contributed by atoms with Gasteiger partial charge < -0.3 is 4.90 Å². The molecule has 0 unspecified atom stereocenters. The molecular weight excluding hydrogens is 490 g/mol. The third-order valence-corrected chi connectivity index (χ3v) is 10.7. The van der Waals surface area contributed by atoms with E-state index < -0.39 is 20.0 Å². The van der Waals surface area contributed by atoms with Gasteiger partial charge in [-0.15, -0.1) is 22.7 Å². The summed E-state index contributed by atoms with van der Waals surface area (Å²) in [6.07, 6.45) is 0.867. The molecule has 1 aliphatic heterocycles. The maximum Gasteiger partial charge on any atom is 0.300 e. The minimum absolute atomic E-state index is 0.0329. The number of rotatable bonds is 5. The van der Waals surface area contributed by atoms with Gasteiger partial charge in [0.25, 0.3) is 5.69 Å². The number of hydrogen-bond acceptors (Lipinski definition) is 8. The molecule has 3 aromatic rings. The van der Waals surface area contributed by atoms with Crippen LogP contribution in [0.3, 0.4) is 0 Å². The second-order valence-electron chi connectivity index (χ2n) is 8.00. The Hall–Kier alpha value is -2.01. The number of sulfone groups is 1. The van der Waals surface area contributed by atoms with Crippen molar-refractivity contribution < 1.29 is 13.3 Å². The summed E-state index contributed by atoms with van der Waals surface area (Å²) in [7, 11) is -3.67. The summed E-state index contributed by atoms with van der Waals surface area (Å²) in [6, 6.07) is 5.38. The van der Waals surface area contributed by atoms with Crippen LogP contribution in [0.1, 0.15) is 29.5 Å². The van der Waals surface area contributed by atoms with Crippen LogP contribution in [-0.4, -0.2) is 36.7 Å². The van der Waals surface area contributed by atoms with E-state index in [2.05, 4.69) is 43.2 Å². The highest BCUT2D eigenvalue weighted by atomic mass is 35.5. The van der Waals surface area contributed by atoms with Gasteiger partial charge in [0.15, 0.2) is 19.3 Å². The number of aryl methyl sites for hydroxylation is 3. The van der Waals surface area contributed by atoms with E-state index in [1.54, 1.807) is 11.3 Å². The summed E-state index contributed by atoms with van der Waals surface area (Å²) in [5, 5.41) is 13.4. The first kappa shape index (κ1) is 23.2. The van der Waals surface area contributed by atoms with Crippen molar-refractivity contribution in [2.75, 3.05) is 18.0 Å². The van der Waals surface area contributed by atoms with E-state index in [9.17, 15) is 18.5 Å². The summed E-state index contributed by atoms with van der Waals surface area (Å²) in [6.45, 7) is 7.38. The summed E-state index contributed by atoms with van der Waals surface area (Å²) >= 11 is 8.19. The third-order valence-electron chi connectivity index (χ3n) is 5.70. The molecule has 170 valence electrons. The monoisotopic (exact) mass is 511 g/mol. The zero-order valence-corrected chi connectivity index (χ0v) is 21.0. The average Bonchev–Trinajstić information content (AvgIpc) is 3.35. The van der Waals surface area contributed by atoms with Gasteiger partial charge in [0.05, 0.1) is 15.9 Å². The predicted molar refractivity (Wildman–Crippen MR) is 130 cm³/mol. The molecule has 1 fully saturated rings. The number of hydrogen-bond donors (Lipinski definition) is 0. The van der Waals surface area contributed by atoms with Gasteiger partial charge in [-0.2, -0.15) is 0 Å². The fraction of sp³-hybridized carbons (Fsp3) is 0.381. The Bertz CT molecular complexity index is 1270. The van der Waals surface area contributed by atoms with Gasteiger partial charge in [0.1, 0.15) is 4.21 Å². The Morgan fingerprint density at radius 3 is 2.34 bits per heavy atom. The fourth-order valence-corrected chi connectivity index (χ4v) is 8.76. The highest BCUT2D eigenvalue weighted by Crippen LogP contribution is 2.40. The minimum Gasteiger partial charge on any atom is -0.348 e. The van der Waals surface area contributed by atoms with Crippen molar-refractivity contribution in [1.29, 1.82) is 0 Å². The second-order valence-corrected chi connectivity index (χ2v) is 12.9. The quantitative estimate of drug-likeness (QED) is 0.317. The smallest absolute Gasteiger partial charge is 0.300 e. The average molecular weight is 512 g/mol. The molecule has 7 nitrogen and oxygen atoms in total. The standard InChI is InChI=1S/C21H22ClN3O4S3/c1-12-8-13(2)19(14(3)9-12)16-11-30-21(23-16)24-6-4-15(5-7-24)32(28,29)18-10-17(25(26)27)20(22)31-18/h8-11,15H,4-7H2,1-3H3. The predicted octanol–water partition coefficient (Wildman–Crippen LogP) is 5.80. The molecule has 0 N–H and O–H groups in total. The molecule has 1 aromatic carbocycles. The van der Waals surface area contributed by atoms with Crippen LogP contribution in [0.5, 0.6) is 0 Å². The molecule has 0 atom stereocenters. The lowest BCUT2D eigenvalue weighted by atomic mass is 9.98. The highest BCUT2D eigenvalue weighted by Gasteiger charge is 2.35. The van der Waals surface area contributed by atoms with Crippen molar-refractivity contribution in [1.82, 2.24) is 4.98 Å². The summed E-state index contributed by atoms with van der Waals surface area (Å²) in [5.74, 6) is 0. The number of aromatic nitrogens is 1. The van der Waals surface area contributed by atoms with Crippen molar-refractivity contribution in [2.45, 2.75) is 43.1 Å². The molecule has 0 saturated carbocycles. The van der Waals surface area contributed by atoms with Gasteiger partial charge in [-0.25, -0.2) is 13.4 Å². The topological polar surface area (TPSA) is 93.4 Å². The zero-order chi connectivity index (χ0) is 23.2. The van der Waals surface area contributed by atoms with E-state index in [1.807, 2.05) is 0 Å². The number of thiophene rings is 1. The summed E-state index contributed by atoms with van der Waals surface area (Å²) in [4.78, 5) is 17.3. The van der Waals surface area contributed by atoms with Crippen LogP contribution in [0, 0.1) is 30.9 Å². The molecule has 2 aromatic heterocycles. The zero-order valence-electron chi connectivity index (χ0n) is 17.8. The molecular formula is C21H22ClN3O4S3. The molecule has 32 heavy (non-hydrogen) atoms. The van der Waals surface area contributed by atoms with Gasteiger partial charge in [-0.3, -0.25) is 10.1 Å². The fourth-order valence-electron chi connectivity index (χ4n) is 4.23. The van der Waals surface area contributed by atoms with Crippen LogP contribution in [0.15, 0.2) is 27.8 Å². The maximum absolute atomic E-state index is 13.0. The minimum atomic E-state index is -3.67. The van der Waals surface area contributed by atoms with E-state index in [4.69, 9.17) is 16.6 Å². The Morgan fingerprint density at radius 2 is 1.78 bits per heavy atom. The molecule has 0 bridgehead atoms. The van der Waals surface area contributed by atoms with E-state index in [0.29, 0.717) is 25.9 Å². The molecule has 4 rings (SSSR count). The van der Waals surface area contributed by atoms with Gasteiger partial charge in [-0.05, 0) is 44.7 Å². The first-order valence-corrected chi connectivity index (χ1v) is 13.7. The van der Waals surface area contributed by atoms with Crippen molar-refractivity contribution in [3.8, 4) is 11.3 Å². The molecule has 0 amide bonds. The van der Waals surface area contributed by atoms with Crippen LogP contribution in [0.25, 0.3) is 11.3 Å². The van der Waals surface area contributed by atoms with E-state index >= 15 is 0 Å². The largest absolute Gasteiger partial charge is 0.348 e. The lowest BCUT2D eigenvalue weighted by molar-refractivity contribution is -0.384. The van der Waals surface area contributed by atoms with Gasteiger partial charge in [0, 0.05) is 30.1 Å². The molecule has 11 heteroatoms. The molecule has 0 spiro atoms. The van der Waals surface area contributed by atoms with Crippen molar-refractivity contribution in [2.24, 2.45) is 0 Å². The van der Waals surface area contributed by atoms with Crippen molar-refractivity contribution in [3.05, 3.63) is 54.7 Å². The summed E-state index contributed by atoms with van der Waals surface area (Å²) < 4.78 is 25.9. The number of nitro groups is 1. The van der Waals surface area contributed by atoms with Gasteiger partial charge in [-0.1, -0.05) is 29.3 Å². The Morgan fingerprint density at radius 1 is 1.16 bits per heavy atom. The van der Waals surface area contributed by atoms with E-state index in [1.165, 1.54) is 16.7 Å². The summed E-state index contributed by atoms with van der Waals surface area (Å²) in [5.41, 5.74) is 5.33. The van der Waals surface area contributed by atoms with E-state index in [-0.39, 0.29) is 14.2 Å². The first-order valence-electron chi connectivity index (χ1n) is 10.0. The van der Waals surface area contributed by atoms with Crippen LogP contribution < -0.4 is 4.90 Å². The number of nitrogens with zero attached hydrogens (tertiary/aromatic N) is 3. The Balaban J connectivity index is 1.49. The molecule has 0 radical (unpaired) electrons. The number of benzene rings is 1. The van der Waals surface area contributed by atoms with Gasteiger partial charge in [0.2, 0.25) is 0 Å². The lowest BCUT2D eigenvalue weighted by Gasteiger charge is -2.31. The highest BCUT2D eigenvalue weighted by molar-refractivity contribution is 7.94. The molecule has 0 aliphatic carbocycles. The van der Waals surface area contributed by atoms with Crippen LogP contribution >= 0.6 is 34.3 Å². The first-order chi connectivity index (χ1) is 15.1. The van der Waals surface area contributed by atoms with Crippen LogP contribution in [0.4, 0.5) is 10.8 Å². The second kappa shape index (κ2) is 8.74. The molecule has 1 aliphatic rings. The van der Waals surface area contributed by atoms with Crippen molar-refractivity contribution in [3.63, 3.8) is 0 Å². The Kier molecular flexibility index (Phi) is 6.32. The maximum atomic E-state index is 13.0. The number of anilines is 1.